The maximum Gasteiger partial charge on any atom is 0.127 e. The summed E-state index contributed by atoms with van der Waals surface area (Å²) < 4.78 is 23.5. The molecule has 0 radical (unpaired) electrons. The lowest BCUT2D eigenvalue weighted by molar-refractivity contribution is 0.0652. The van der Waals surface area contributed by atoms with Gasteiger partial charge in [0.05, 0.1) is 12.2 Å². The van der Waals surface area contributed by atoms with E-state index >= 15 is 0 Å². The Labute approximate surface area is 179 Å². The van der Waals surface area contributed by atoms with Crippen LogP contribution >= 0.6 is 0 Å². The van der Waals surface area contributed by atoms with Crippen LogP contribution < -0.4 is 14.8 Å². The van der Waals surface area contributed by atoms with E-state index in [1.807, 2.05) is 12.1 Å². The Bertz CT molecular complexity index is 755. The largest absolute Gasteiger partial charge is 0.491 e. The van der Waals surface area contributed by atoms with Gasteiger partial charge in [-0.3, -0.25) is 0 Å². The van der Waals surface area contributed by atoms with Crippen LogP contribution in [0.2, 0.25) is 0 Å². The van der Waals surface area contributed by atoms with Crippen LogP contribution in [0.4, 0.5) is 0 Å². The molecule has 162 valence electrons. The fraction of sp³-hybridized carbons (Fsp3) is 0.520. The molecular formula is C25H33NO4. The average molecular weight is 412 g/mol. The van der Waals surface area contributed by atoms with Crippen molar-refractivity contribution in [2.24, 2.45) is 0 Å². The van der Waals surface area contributed by atoms with Gasteiger partial charge in [0.2, 0.25) is 0 Å². The molecule has 2 atom stereocenters. The highest BCUT2D eigenvalue weighted by atomic mass is 16.5. The summed E-state index contributed by atoms with van der Waals surface area (Å²) in [6.45, 7) is 4.56. The highest BCUT2D eigenvalue weighted by Gasteiger charge is 2.18. The van der Waals surface area contributed by atoms with Crippen LogP contribution in [0.5, 0.6) is 11.5 Å². The van der Waals surface area contributed by atoms with E-state index in [-0.39, 0.29) is 12.2 Å². The first-order chi connectivity index (χ1) is 14.9. The van der Waals surface area contributed by atoms with Crippen molar-refractivity contribution in [1.29, 1.82) is 0 Å². The highest BCUT2D eigenvalue weighted by molar-refractivity contribution is 5.41. The smallest absolute Gasteiger partial charge is 0.127 e. The minimum atomic E-state index is 0.195. The zero-order valence-corrected chi connectivity index (χ0v) is 17.7. The average Bonchev–Trinajstić information content (AvgIpc) is 3.49. The molecule has 0 saturated carbocycles. The summed E-state index contributed by atoms with van der Waals surface area (Å²) >= 11 is 0. The van der Waals surface area contributed by atoms with Gasteiger partial charge in [0.25, 0.3) is 0 Å². The van der Waals surface area contributed by atoms with Crippen molar-refractivity contribution in [3.05, 3.63) is 59.7 Å². The molecule has 5 heteroatoms. The van der Waals surface area contributed by atoms with E-state index in [2.05, 4.69) is 41.7 Å². The number of benzene rings is 2. The fourth-order valence-corrected chi connectivity index (χ4v) is 3.93. The van der Waals surface area contributed by atoms with Crippen LogP contribution in [0.25, 0.3) is 0 Å². The van der Waals surface area contributed by atoms with Gasteiger partial charge in [0.15, 0.2) is 0 Å². The van der Waals surface area contributed by atoms with Crippen molar-refractivity contribution in [3.8, 4) is 11.5 Å². The molecule has 2 heterocycles. The molecule has 5 nitrogen and oxygen atoms in total. The number of nitrogens with one attached hydrogen (secondary N) is 1. The predicted molar refractivity (Wildman–Crippen MR) is 117 cm³/mol. The second kappa shape index (κ2) is 11.3. The maximum atomic E-state index is 6.17. The molecule has 2 aliphatic heterocycles. The zero-order chi connectivity index (χ0) is 20.4. The first kappa shape index (κ1) is 21.2. The quantitative estimate of drug-likeness (QED) is 0.564. The number of hydrogen-bond acceptors (Lipinski definition) is 5. The molecule has 2 unspecified atom stereocenters. The van der Waals surface area contributed by atoms with Crippen LogP contribution in [0.3, 0.4) is 0 Å². The predicted octanol–water partition coefficient (Wildman–Crippen LogP) is 4.13. The lowest BCUT2D eigenvalue weighted by Crippen LogP contribution is -2.20. The molecule has 0 spiro atoms. The van der Waals surface area contributed by atoms with Gasteiger partial charge in [-0.05, 0) is 50.3 Å². The summed E-state index contributed by atoms with van der Waals surface area (Å²) in [6, 6.07) is 16.7. The number of hydrogen-bond donors (Lipinski definition) is 1. The van der Waals surface area contributed by atoms with Gasteiger partial charge in [-0.1, -0.05) is 36.4 Å². The number of ether oxygens (including phenoxy) is 4. The van der Waals surface area contributed by atoms with E-state index in [9.17, 15) is 0 Å². The van der Waals surface area contributed by atoms with Crippen molar-refractivity contribution in [3.63, 3.8) is 0 Å². The standard InChI is InChI=1S/C25H33NO4/c1-2-6-20(7-3-1)12-13-26-17-21-10-11-22(29-18-23-8-4-14-27-23)16-25(21)30-19-24-9-5-15-28-24/h1-3,6-7,10-11,16,23-24,26H,4-5,8-9,12-15,17-19H2. The van der Waals surface area contributed by atoms with Gasteiger partial charge in [-0.15, -0.1) is 0 Å². The third-order valence-electron chi connectivity index (χ3n) is 5.70. The van der Waals surface area contributed by atoms with Crippen molar-refractivity contribution in [2.75, 3.05) is 33.0 Å². The normalized spacial score (nSPS) is 21.1. The van der Waals surface area contributed by atoms with Crippen molar-refractivity contribution < 1.29 is 18.9 Å². The van der Waals surface area contributed by atoms with Crippen LogP contribution in [-0.2, 0) is 22.4 Å². The van der Waals surface area contributed by atoms with Crippen molar-refractivity contribution in [1.82, 2.24) is 5.32 Å². The number of rotatable bonds is 11. The molecule has 2 aromatic carbocycles. The second-order valence-electron chi connectivity index (χ2n) is 8.07. The summed E-state index contributed by atoms with van der Waals surface area (Å²) in [5.41, 5.74) is 2.49. The molecule has 0 bridgehead atoms. The van der Waals surface area contributed by atoms with E-state index in [1.54, 1.807) is 0 Å². The Kier molecular flexibility index (Phi) is 8.01. The van der Waals surface area contributed by atoms with E-state index < -0.39 is 0 Å². The summed E-state index contributed by atoms with van der Waals surface area (Å²) in [4.78, 5) is 0. The van der Waals surface area contributed by atoms with E-state index in [1.165, 1.54) is 5.56 Å². The Morgan fingerprint density at radius 3 is 2.30 bits per heavy atom. The van der Waals surface area contributed by atoms with Crippen molar-refractivity contribution >= 4 is 0 Å². The van der Waals surface area contributed by atoms with E-state index in [4.69, 9.17) is 18.9 Å². The monoisotopic (exact) mass is 411 g/mol. The molecule has 2 aliphatic rings. The lowest BCUT2D eigenvalue weighted by atomic mass is 10.1. The summed E-state index contributed by atoms with van der Waals surface area (Å²) in [6.07, 6.45) is 5.80. The van der Waals surface area contributed by atoms with Crippen LogP contribution in [-0.4, -0.2) is 45.2 Å². The van der Waals surface area contributed by atoms with Gasteiger partial charge in [-0.25, -0.2) is 0 Å². The van der Waals surface area contributed by atoms with E-state index in [0.29, 0.717) is 13.2 Å². The lowest BCUT2D eigenvalue weighted by Gasteiger charge is -2.17. The second-order valence-corrected chi connectivity index (χ2v) is 8.07. The Morgan fingerprint density at radius 2 is 1.60 bits per heavy atom. The molecule has 0 aliphatic carbocycles. The summed E-state index contributed by atoms with van der Waals surface area (Å²) in [7, 11) is 0. The van der Waals surface area contributed by atoms with E-state index in [0.717, 1.165) is 75.5 Å². The fourth-order valence-electron chi connectivity index (χ4n) is 3.93. The molecule has 2 aromatic rings. The molecular weight excluding hydrogens is 378 g/mol. The van der Waals surface area contributed by atoms with Gasteiger partial charge >= 0.3 is 0 Å². The van der Waals surface area contributed by atoms with Crippen LogP contribution in [0.15, 0.2) is 48.5 Å². The molecule has 4 rings (SSSR count). The Morgan fingerprint density at radius 1 is 0.867 bits per heavy atom. The SMILES string of the molecule is c1ccc(CCNCc2ccc(OCC3CCCO3)cc2OCC2CCCO2)cc1. The third kappa shape index (κ3) is 6.46. The molecule has 0 amide bonds. The van der Waals surface area contributed by atoms with Crippen LogP contribution in [0.1, 0.15) is 36.8 Å². The van der Waals surface area contributed by atoms with Gasteiger partial charge in [0.1, 0.15) is 24.7 Å². The Balaban J connectivity index is 1.32. The van der Waals surface area contributed by atoms with Crippen molar-refractivity contribution in [2.45, 2.75) is 50.9 Å². The summed E-state index contributed by atoms with van der Waals surface area (Å²) in [5.74, 6) is 1.71. The van der Waals surface area contributed by atoms with Crippen LogP contribution in [0, 0.1) is 0 Å². The molecule has 0 aromatic heterocycles. The first-order valence-corrected chi connectivity index (χ1v) is 11.2. The Hall–Kier alpha value is -2.08. The minimum Gasteiger partial charge on any atom is -0.491 e. The molecule has 30 heavy (non-hydrogen) atoms. The first-order valence-electron chi connectivity index (χ1n) is 11.2. The molecule has 2 fully saturated rings. The highest BCUT2D eigenvalue weighted by Crippen LogP contribution is 2.27. The zero-order valence-electron chi connectivity index (χ0n) is 17.7. The summed E-state index contributed by atoms with van der Waals surface area (Å²) in [5, 5.41) is 3.54. The minimum absolute atomic E-state index is 0.195. The van der Waals surface area contributed by atoms with Gasteiger partial charge in [0, 0.05) is 31.4 Å². The maximum absolute atomic E-state index is 6.17. The van der Waals surface area contributed by atoms with Gasteiger partial charge < -0.3 is 24.3 Å². The third-order valence-corrected chi connectivity index (χ3v) is 5.70. The topological polar surface area (TPSA) is 49.0 Å². The molecule has 1 N–H and O–H groups in total. The molecule has 2 saturated heterocycles. The van der Waals surface area contributed by atoms with Gasteiger partial charge in [-0.2, -0.15) is 0 Å².